The molecular formula is C16H17Cl2N3O4. The highest BCUT2D eigenvalue weighted by Gasteiger charge is 2.36. The fraction of sp³-hybridized carbons (Fsp3) is 0.312. The van der Waals surface area contributed by atoms with Crippen molar-refractivity contribution in [3.63, 3.8) is 0 Å². The second kappa shape index (κ2) is 7.43. The normalized spacial score (nSPS) is 13.3. The van der Waals surface area contributed by atoms with Crippen LogP contribution in [0.25, 0.3) is 5.69 Å². The van der Waals surface area contributed by atoms with E-state index in [-0.39, 0.29) is 12.3 Å². The Hall–Kier alpha value is -2.09. The molecule has 1 aromatic carbocycles. The smallest absolute Gasteiger partial charge is 0.331 e. The third-order valence-corrected chi connectivity index (χ3v) is 4.30. The minimum absolute atomic E-state index is 0.0761. The summed E-state index contributed by atoms with van der Waals surface area (Å²) in [7, 11) is 1.36. The molecule has 9 heteroatoms. The number of halogens is 2. The molecular weight excluding hydrogens is 369 g/mol. The van der Waals surface area contributed by atoms with Crippen molar-refractivity contribution in [1.29, 1.82) is 0 Å². The number of benzene rings is 1. The number of ether oxygens (including phenoxy) is 1. The van der Waals surface area contributed by atoms with Gasteiger partial charge in [-0.05, 0) is 38.1 Å². The molecule has 2 N–H and O–H groups in total. The van der Waals surface area contributed by atoms with Gasteiger partial charge in [0.2, 0.25) is 0 Å². The van der Waals surface area contributed by atoms with E-state index in [0.29, 0.717) is 21.4 Å². The number of carboxylic acids is 1. The van der Waals surface area contributed by atoms with Crippen molar-refractivity contribution in [1.82, 2.24) is 15.1 Å². The number of hydrogen-bond acceptors (Lipinski definition) is 4. The molecule has 1 amide bonds. The zero-order valence-corrected chi connectivity index (χ0v) is 15.4. The fourth-order valence-corrected chi connectivity index (χ4v) is 2.51. The molecule has 25 heavy (non-hydrogen) atoms. The number of aryl methyl sites for hydroxylation is 1. The number of carboxylic acid groups (broad SMARTS) is 1. The van der Waals surface area contributed by atoms with Gasteiger partial charge in [0.1, 0.15) is 0 Å². The zero-order chi connectivity index (χ0) is 18.8. The van der Waals surface area contributed by atoms with Crippen LogP contribution in [0.4, 0.5) is 0 Å². The Morgan fingerprint density at radius 1 is 1.32 bits per heavy atom. The first-order valence-electron chi connectivity index (χ1n) is 7.25. The molecule has 0 fully saturated rings. The third kappa shape index (κ3) is 4.12. The number of hydrogen-bond donors (Lipinski definition) is 2. The predicted molar refractivity (Wildman–Crippen MR) is 93.7 cm³/mol. The summed E-state index contributed by atoms with van der Waals surface area (Å²) in [6.45, 7) is 2.94. The number of nitrogens with one attached hydrogen (secondary N) is 1. The highest BCUT2D eigenvalue weighted by molar-refractivity contribution is 6.42. The van der Waals surface area contributed by atoms with Gasteiger partial charge in [0.05, 0.1) is 22.3 Å². The number of nitrogens with zero attached hydrogens (tertiary/aromatic N) is 2. The predicted octanol–water partition coefficient (Wildman–Crippen LogP) is 2.71. The summed E-state index contributed by atoms with van der Waals surface area (Å²) in [6.07, 6.45) is 0. The Morgan fingerprint density at radius 3 is 2.56 bits per heavy atom. The third-order valence-electron chi connectivity index (χ3n) is 3.56. The van der Waals surface area contributed by atoms with Crippen LogP contribution in [0.3, 0.4) is 0 Å². The largest absolute Gasteiger partial charge is 0.479 e. The molecule has 1 heterocycles. The van der Waals surface area contributed by atoms with Crippen molar-refractivity contribution in [2.45, 2.75) is 19.4 Å². The van der Waals surface area contributed by atoms with Crippen molar-refractivity contribution < 1.29 is 19.4 Å². The van der Waals surface area contributed by atoms with Crippen LogP contribution in [-0.2, 0) is 9.53 Å². The molecule has 0 saturated carbocycles. The van der Waals surface area contributed by atoms with Gasteiger partial charge < -0.3 is 15.2 Å². The van der Waals surface area contributed by atoms with Gasteiger partial charge in [-0.1, -0.05) is 23.2 Å². The lowest BCUT2D eigenvalue weighted by atomic mass is 10.0. The Morgan fingerprint density at radius 2 is 2.00 bits per heavy atom. The molecule has 2 rings (SSSR count). The SMILES string of the molecule is COCC(C)(NC(=O)c1cc(C)n(-c2ccc(Cl)c(Cl)c2)n1)C(=O)O. The maximum Gasteiger partial charge on any atom is 0.331 e. The number of methoxy groups -OCH3 is 1. The minimum atomic E-state index is -1.56. The number of carbonyl (C=O) groups is 2. The number of aromatic nitrogens is 2. The lowest BCUT2D eigenvalue weighted by Gasteiger charge is -2.24. The van der Waals surface area contributed by atoms with Crippen LogP contribution in [0.15, 0.2) is 24.3 Å². The van der Waals surface area contributed by atoms with E-state index < -0.39 is 17.4 Å². The van der Waals surface area contributed by atoms with Gasteiger partial charge in [-0.15, -0.1) is 0 Å². The molecule has 7 nitrogen and oxygen atoms in total. The first kappa shape index (κ1) is 19.2. The number of amides is 1. The van der Waals surface area contributed by atoms with E-state index in [1.54, 1.807) is 31.2 Å². The summed E-state index contributed by atoms with van der Waals surface area (Å²) in [4.78, 5) is 23.8. The van der Waals surface area contributed by atoms with Crippen molar-refractivity contribution in [3.8, 4) is 5.69 Å². The topological polar surface area (TPSA) is 93.5 Å². The number of rotatable bonds is 6. The Kier molecular flexibility index (Phi) is 5.72. The number of carbonyl (C=O) groups excluding carboxylic acids is 1. The first-order valence-corrected chi connectivity index (χ1v) is 8.00. The zero-order valence-electron chi connectivity index (χ0n) is 13.8. The van der Waals surface area contributed by atoms with Crippen LogP contribution in [0, 0.1) is 6.92 Å². The van der Waals surface area contributed by atoms with E-state index in [1.807, 2.05) is 0 Å². The highest BCUT2D eigenvalue weighted by atomic mass is 35.5. The average Bonchev–Trinajstić information content (AvgIpc) is 2.92. The lowest BCUT2D eigenvalue weighted by molar-refractivity contribution is -0.145. The highest BCUT2D eigenvalue weighted by Crippen LogP contribution is 2.25. The van der Waals surface area contributed by atoms with Gasteiger partial charge in [0.25, 0.3) is 5.91 Å². The van der Waals surface area contributed by atoms with Crippen LogP contribution in [-0.4, -0.2) is 46.0 Å². The molecule has 0 saturated heterocycles. The first-order chi connectivity index (χ1) is 11.7. The van der Waals surface area contributed by atoms with Gasteiger partial charge in [0.15, 0.2) is 11.2 Å². The average molecular weight is 386 g/mol. The van der Waals surface area contributed by atoms with E-state index in [2.05, 4.69) is 10.4 Å². The molecule has 0 aliphatic rings. The van der Waals surface area contributed by atoms with Gasteiger partial charge in [0, 0.05) is 12.8 Å². The summed E-state index contributed by atoms with van der Waals surface area (Å²) in [6, 6.07) is 6.51. The van der Waals surface area contributed by atoms with E-state index in [0.717, 1.165) is 0 Å². The van der Waals surface area contributed by atoms with Crippen molar-refractivity contribution >= 4 is 35.1 Å². The van der Waals surface area contributed by atoms with Gasteiger partial charge in [-0.3, -0.25) is 4.79 Å². The van der Waals surface area contributed by atoms with E-state index in [4.69, 9.17) is 27.9 Å². The fourth-order valence-electron chi connectivity index (χ4n) is 2.22. The molecule has 1 atom stereocenters. The Labute approximate surface area is 154 Å². The molecule has 1 aromatic heterocycles. The van der Waals surface area contributed by atoms with Crippen LogP contribution >= 0.6 is 23.2 Å². The molecule has 0 spiro atoms. The standard InChI is InChI=1S/C16H17Cl2N3O4/c1-9-6-13(14(22)19-16(2,8-25-3)15(23)24)20-21(9)10-4-5-11(17)12(18)7-10/h4-7H,8H2,1-3H3,(H,19,22)(H,23,24). The molecule has 0 aliphatic carbocycles. The van der Waals surface area contributed by atoms with Crippen molar-refractivity contribution in [2.75, 3.05) is 13.7 Å². The monoisotopic (exact) mass is 385 g/mol. The quantitative estimate of drug-likeness (QED) is 0.796. The van der Waals surface area contributed by atoms with Crippen molar-refractivity contribution in [3.05, 3.63) is 45.7 Å². The van der Waals surface area contributed by atoms with Gasteiger partial charge >= 0.3 is 5.97 Å². The second-order valence-electron chi connectivity index (χ2n) is 5.71. The lowest BCUT2D eigenvalue weighted by Crippen LogP contribution is -2.55. The Balaban J connectivity index is 2.31. The summed E-state index contributed by atoms with van der Waals surface area (Å²) >= 11 is 11.9. The van der Waals surface area contributed by atoms with E-state index >= 15 is 0 Å². The van der Waals surface area contributed by atoms with Gasteiger partial charge in [-0.2, -0.15) is 5.10 Å². The summed E-state index contributed by atoms with van der Waals surface area (Å²) < 4.78 is 6.40. The molecule has 0 radical (unpaired) electrons. The molecule has 0 aliphatic heterocycles. The summed E-state index contributed by atoms with van der Waals surface area (Å²) in [5.41, 5.74) is -0.184. The van der Waals surface area contributed by atoms with Crippen LogP contribution in [0.2, 0.25) is 10.0 Å². The number of aliphatic carboxylic acids is 1. The molecule has 1 unspecified atom stereocenters. The van der Waals surface area contributed by atoms with E-state index in [1.165, 1.54) is 18.7 Å². The minimum Gasteiger partial charge on any atom is -0.479 e. The second-order valence-corrected chi connectivity index (χ2v) is 6.52. The van der Waals surface area contributed by atoms with Crippen molar-refractivity contribution in [2.24, 2.45) is 0 Å². The van der Waals surface area contributed by atoms with Crippen LogP contribution in [0.5, 0.6) is 0 Å². The Bertz CT molecular complexity index is 822. The van der Waals surface area contributed by atoms with Crippen LogP contribution < -0.4 is 5.32 Å². The molecule has 0 bridgehead atoms. The van der Waals surface area contributed by atoms with Crippen LogP contribution in [0.1, 0.15) is 23.1 Å². The summed E-state index contributed by atoms with van der Waals surface area (Å²) in [5, 5.41) is 16.7. The maximum atomic E-state index is 12.4. The van der Waals surface area contributed by atoms with E-state index in [9.17, 15) is 14.7 Å². The van der Waals surface area contributed by atoms with Gasteiger partial charge in [-0.25, -0.2) is 9.48 Å². The molecule has 134 valence electrons. The molecule has 2 aromatic rings. The summed E-state index contributed by atoms with van der Waals surface area (Å²) in [5.74, 6) is -1.83. The maximum absolute atomic E-state index is 12.4.